The molecule has 0 aliphatic carbocycles. The first-order chi connectivity index (χ1) is 9.16. The minimum absolute atomic E-state index is 0.390. The molecule has 0 bridgehead atoms. The molecule has 5 nitrogen and oxygen atoms in total. The van der Waals surface area contributed by atoms with E-state index in [1.54, 1.807) is 6.07 Å². The quantitative estimate of drug-likeness (QED) is 0.888. The van der Waals surface area contributed by atoms with E-state index in [0.29, 0.717) is 37.1 Å². The topological polar surface area (TPSA) is 59.0 Å². The molecule has 1 fully saturated rings. The first kappa shape index (κ1) is 14.1. The molecule has 1 aromatic carbocycles. The van der Waals surface area contributed by atoms with E-state index in [2.05, 4.69) is 0 Å². The number of nitrogens with zero attached hydrogens (tertiary/aromatic N) is 1. The van der Waals surface area contributed by atoms with Gasteiger partial charge >= 0.3 is 5.97 Å². The Balaban J connectivity index is 1.77. The van der Waals surface area contributed by atoms with Gasteiger partial charge in [-0.1, -0.05) is 23.7 Å². The molecule has 0 saturated carbocycles. The van der Waals surface area contributed by atoms with Crippen molar-refractivity contribution < 1.29 is 19.4 Å². The largest absolute Gasteiger partial charge is 0.491 e. The zero-order chi connectivity index (χ0) is 13.7. The molecule has 1 heterocycles. The van der Waals surface area contributed by atoms with Gasteiger partial charge in [-0.25, -0.2) is 4.79 Å². The van der Waals surface area contributed by atoms with Crippen molar-refractivity contribution in [1.29, 1.82) is 0 Å². The molecule has 6 heteroatoms. The SMILES string of the molecule is O=C(O)C1CN(CCOc2ccccc2Cl)CCO1. The molecule has 1 N–H and O–H groups in total. The number of morpholine rings is 1. The number of carbonyl (C=O) groups is 1. The average Bonchev–Trinajstić information content (AvgIpc) is 2.41. The molecule has 1 aliphatic heterocycles. The van der Waals surface area contributed by atoms with Crippen LogP contribution < -0.4 is 4.74 Å². The van der Waals surface area contributed by atoms with Crippen molar-refractivity contribution in [2.24, 2.45) is 0 Å². The van der Waals surface area contributed by atoms with Gasteiger partial charge in [0.15, 0.2) is 6.10 Å². The second kappa shape index (κ2) is 6.75. The fourth-order valence-corrected chi connectivity index (χ4v) is 2.09. The Morgan fingerprint density at radius 2 is 2.32 bits per heavy atom. The number of para-hydroxylation sites is 1. The van der Waals surface area contributed by atoms with Crippen LogP contribution >= 0.6 is 11.6 Å². The predicted octanol–water partition coefficient (Wildman–Crippen LogP) is 1.50. The Labute approximate surface area is 116 Å². The van der Waals surface area contributed by atoms with E-state index in [1.165, 1.54) is 0 Å². The molecule has 2 rings (SSSR count). The highest BCUT2D eigenvalue weighted by molar-refractivity contribution is 6.32. The van der Waals surface area contributed by atoms with Gasteiger partial charge in [0.2, 0.25) is 0 Å². The summed E-state index contributed by atoms with van der Waals surface area (Å²) in [4.78, 5) is 12.9. The summed E-state index contributed by atoms with van der Waals surface area (Å²) in [6.07, 6.45) is -0.742. The van der Waals surface area contributed by atoms with Crippen LogP contribution in [0.5, 0.6) is 5.75 Å². The molecule has 0 spiro atoms. The van der Waals surface area contributed by atoms with Crippen molar-refractivity contribution in [3.63, 3.8) is 0 Å². The Kier molecular flexibility index (Phi) is 5.01. The van der Waals surface area contributed by atoms with E-state index < -0.39 is 12.1 Å². The van der Waals surface area contributed by atoms with Gasteiger partial charge in [-0.3, -0.25) is 4.90 Å². The van der Waals surface area contributed by atoms with E-state index in [1.807, 2.05) is 23.1 Å². The minimum atomic E-state index is -0.920. The summed E-state index contributed by atoms with van der Waals surface area (Å²) in [6.45, 7) is 2.66. The number of hydrogen-bond donors (Lipinski definition) is 1. The summed E-state index contributed by atoms with van der Waals surface area (Å²) in [6, 6.07) is 7.28. The minimum Gasteiger partial charge on any atom is -0.491 e. The van der Waals surface area contributed by atoms with Crippen molar-refractivity contribution in [1.82, 2.24) is 4.90 Å². The van der Waals surface area contributed by atoms with Crippen LogP contribution in [0.1, 0.15) is 0 Å². The van der Waals surface area contributed by atoms with Crippen LogP contribution in [0.4, 0.5) is 0 Å². The summed E-state index contributed by atoms with van der Waals surface area (Å²) in [7, 11) is 0. The lowest BCUT2D eigenvalue weighted by Gasteiger charge is -2.30. The highest BCUT2D eigenvalue weighted by Crippen LogP contribution is 2.22. The van der Waals surface area contributed by atoms with Crippen LogP contribution in [-0.2, 0) is 9.53 Å². The van der Waals surface area contributed by atoms with Crippen molar-refractivity contribution in [2.45, 2.75) is 6.10 Å². The number of aliphatic carboxylic acids is 1. The number of benzene rings is 1. The highest BCUT2D eigenvalue weighted by Gasteiger charge is 2.25. The lowest BCUT2D eigenvalue weighted by Crippen LogP contribution is -2.47. The van der Waals surface area contributed by atoms with Crippen molar-refractivity contribution in [2.75, 3.05) is 32.8 Å². The molecule has 0 radical (unpaired) electrons. The molecule has 1 atom stereocenters. The Morgan fingerprint density at radius 3 is 3.05 bits per heavy atom. The van der Waals surface area contributed by atoms with Gasteiger partial charge in [0, 0.05) is 19.6 Å². The normalized spacial score (nSPS) is 20.2. The fraction of sp³-hybridized carbons (Fsp3) is 0.462. The third-order valence-corrected chi connectivity index (χ3v) is 3.24. The highest BCUT2D eigenvalue weighted by atomic mass is 35.5. The molecule has 0 aromatic heterocycles. The number of hydrogen-bond acceptors (Lipinski definition) is 4. The molecule has 1 aromatic rings. The van der Waals surface area contributed by atoms with Crippen LogP contribution in [-0.4, -0.2) is 54.9 Å². The summed E-state index contributed by atoms with van der Waals surface area (Å²) in [5.74, 6) is -0.274. The van der Waals surface area contributed by atoms with Gasteiger partial charge < -0.3 is 14.6 Å². The number of rotatable bonds is 5. The lowest BCUT2D eigenvalue weighted by molar-refractivity contribution is -0.156. The number of halogens is 1. The molecule has 1 aliphatic rings. The first-order valence-corrected chi connectivity index (χ1v) is 6.48. The van der Waals surface area contributed by atoms with Crippen LogP contribution in [0.15, 0.2) is 24.3 Å². The monoisotopic (exact) mass is 285 g/mol. The maximum atomic E-state index is 10.8. The number of carboxylic acids is 1. The van der Waals surface area contributed by atoms with Crippen molar-refractivity contribution in [3.05, 3.63) is 29.3 Å². The second-order valence-electron chi connectivity index (χ2n) is 4.28. The zero-order valence-electron chi connectivity index (χ0n) is 10.4. The van der Waals surface area contributed by atoms with E-state index in [0.717, 1.165) is 6.54 Å². The van der Waals surface area contributed by atoms with Crippen LogP contribution in [0.3, 0.4) is 0 Å². The van der Waals surface area contributed by atoms with Crippen LogP contribution in [0, 0.1) is 0 Å². The molecular formula is C13H16ClNO4. The second-order valence-corrected chi connectivity index (χ2v) is 4.68. The van der Waals surface area contributed by atoms with Gasteiger partial charge in [0.25, 0.3) is 0 Å². The average molecular weight is 286 g/mol. The van der Waals surface area contributed by atoms with Gasteiger partial charge in [-0.2, -0.15) is 0 Å². The fourth-order valence-electron chi connectivity index (χ4n) is 1.90. The third kappa shape index (κ3) is 4.09. The van der Waals surface area contributed by atoms with E-state index in [4.69, 9.17) is 26.2 Å². The van der Waals surface area contributed by atoms with E-state index >= 15 is 0 Å². The van der Waals surface area contributed by atoms with Crippen molar-refractivity contribution >= 4 is 17.6 Å². The Morgan fingerprint density at radius 1 is 1.53 bits per heavy atom. The summed E-state index contributed by atoms with van der Waals surface area (Å²) in [5, 5.41) is 9.47. The van der Waals surface area contributed by atoms with Gasteiger partial charge in [0.1, 0.15) is 12.4 Å². The maximum absolute atomic E-state index is 10.8. The van der Waals surface area contributed by atoms with Gasteiger partial charge in [-0.15, -0.1) is 0 Å². The van der Waals surface area contributed by atoms with Crippen molar-refractivity contribution in [3.8, 4) is 5.75 Å². The molecule has 19 heavy (non-hydrogen) atoms. The molecule has 1 saturated heterocycles. The molecule has 0 amide bonds. The number of carboxylic acid groups (broad SMARTS) is 1. The lowest BCUT2D eigenvalue weighted by atomic mass is 10.3. The molecule has 1 unspecified atom stereocenters. The first-order valence-electron chi connectivity index (χ1n) is 6.11. The molecular weight excluding hydrogens is 270 g/mol. The Bertz CT molecular complexity index is 440. The van der Waals surface area contributed by atoms with E-state index in [-0.39, 0.29) is 0 Å². The van der Waals surface area contributed by atoms with Crippen LogP contribution in [0.25, 0.3) is 0 Å². The smallest absolute Gasteiger partial charge is 0.334 e. The number of ether oxygens (including phenoxy) is 2. The Hall–Kier alpha value is -1.30. The zero-order valence-corrected chi connectivity index (χ0v) is 11.2. The van der Waals surface area contributed by atoms with E-state index in [9.17, 15) is 4.79 Å². The van der Waals surface area contributed by atoms with Gasteiger partial charge in [-0.05, 0) is 12.1 Å². The summed E-state index contributed by atoms with van der Waals surface area (Å²) >= 11 is 5.97. The standard InChI is InChI=1S/C13H16ClNO4/c14-10-3-1-2-4-11(10)18-7-5-15-6-8-19-12(9-15)13(16)17/h1-4,12H,5-9H2,(H,16,17). The van der Waals surface area contributed by atoms with Gasteiger partial charge in [0.05, 0.1) is 11.6 Å². The maximum Gasteiger partial charge on any atom is 0.334 e. The summed E-state index contributed by atoms with van der Waals surface area (Å²) in [5.41, 5.74) is 0. The molecule has 104 valence electrons. The predicted molar refractivity (Wildman–Crippen MR) is 70.8 cm³/mol. The third-order valence-electron chi connectivity index (χ3n) is 2.93. The summed E-state index contributed by atoms with van der Waals surface area (Å²) < 4.78 is 10.7. The van der Waals surface area contributed by atoms with Crippen LogP contribution in [0.2, 0.25) is 5.02 Å².